The van der Waals surface area contributed by atoms with Gasteiger partial charge in [-0.3, -0.25) is 0 Å². The van der Waals surface area contributed by atoms with Crippen molar-refractivity contribution < 1.29 is 0 Å². The summed E-state index contributed by atoms with van der Waals surface area (Å²) in [6.45, 7) is 4.65. The third-order valence-corrected chi connectivity index (χ3v) is 3.04. The zero-order valence-corrected chi connectivity index (χ0v) is 10.7. The van der Waals surface area contributed by atoms with Gasteiger partial charge in [-0.15, -0.1) is 0 Å². The van der Waals surface area contributed by atoms with E-state index in [1.807, 2.05) is 6.07 Å². The van der Waals surface area contributed by atoms with Gasteiger partial charge in [0.1, 0.15) is 0 Å². The number of halogens is 2. The minimum atomic E-state index is 0.806. The van der Waals surface area contributed by atoms with Gasteiger partial charge in [0.2, 0.25) is 0 Å². The Hall–Kier alpha value is -0.540. The lowest BCUT2D eigenvalue weighted by Crippen LogP contribution is -1.94. The van der Waals surface area contributed by atoms with E-state index in [4.69, 9.17) is 0 Å². The maximum atomic E-state index is 3.84. The second-order valence-electron chi connectivity index (χ2n) is 3.13. The van der Waals surface area contributed by atoms with Crippen molar-refractivity contribution in [2.45, 2.75) is 6.54 Å². The molecule has 1 aromatic heterocycles. The largest absolute Gasteiger partial charge is 0.343 e. The van der Waals surface area contributed by atoms with Crippen LogP contribution in [-0.2, 0) is 6.54 Å². The quantitative estimate of drug-likeness (QED) is 0.778. The lowest BCUT2D eigenvalue weighted by molar-refractivity contribution is 0.858. The number of hydrogen-bond donors (Lipinski definition) is 0. The number of aromatic nitrogens is 1. The number of allylic oxidation sites excluding steroid dienone is 1. The maximum absolute atomic E-state index is 3.84. The highest BCUT2D eigenvalue weighted by atomic mass is 79.9. The molecule has 0 saturated heterocycles. The first-order valence-corrected chi connectivity index (χ1v) is 5.84. The van der Waals surface area contributed by atoms with Crippen LogP contribution in [0.2, 0.25) is 0 Å². The predicted octanol–water partition coefficient (Wildman–Crippen LogP) is 4.31. The van der Waals surface area contributed by atoms with Gasteiger partial charge in [-0.2, -0.15) is 0 Å². The van der Waals surface area contributed by atoms with Gasteiger partial charge < -0.3 is 4.57 Å². The van der Waals surface area contributed by atoms with E-state index in [1.165, 1.54) is 10.9 Å². The molecule has 0 amide bonds. The van der Waals surface area contributed by atoms with Crippen LogP contribution in [0.1, 0.15) is 0 Å². The standard InChI is InChI=1S/C11H9Br2N/c1-8(12)7-14-6-5-9-10(13)3-2-4-11(9)14/h2-6H,1,7H2. The fourth-order valence-electron chi connectivity index (χ4n) is 1.51. The highest BCUT2D eigenvalue weighted by Gasteiger charge is 2.03. The molecule has 2 aromatic rings. The molecule has 0 radical (unpaired) electrons. The molecule has 0 aliphatic carbocycles. The van der Waals surface area contributed by atoms with Crippen molar-refractivity contribution >= 4 is 42.8 Å². The van der Waals surface area contributed by atoms with Gasteiger partial charge in [-0.25, -0.2) is 0 Å². The average Bonchev–Trinajstić information content (AvgIpc) is 2.49. The van der Waals surface area contributed by atoms with E-state index < -0.39 is 0 Å². The number of hydrogen-bond acceptors (Lipinski definition) is 0. The molecule has 14 heavy (non-hydrogen) atoms. The van der Waals surface area contributed by atoms with E-state index in [2.05, 4.69) is 67.4 Å². The first-order valence-electron chi connectivity index (χ1n) is 4.25. The van der Waals surface area contributed by atoms with Crippen molar-refractivity contribution in [3.8, 4) is 0 Å². The minimum Gasteiger partial charge on any atom is -0.343 e. The Bertz CT molecular complexity index is 485. The van der Waals surface area contributed by atoms with E-state index in [0.717, 1.165) is 15.5 Å². The molecule has 72 valence electrons. The van der Waals surface area contributed by atoms with Gasteiger partial charge in [0.15, 0.2) is 0 Å². The molecule has 3 heteroatoms. The molecule has 0 fully saturated rings. The molecule has 1 nitrogen and oxygen atoms in total. The van der Waals surface area contributed by atoms with Crippen LogP contribution in [0.15, 0.2) is 46.0 Å². The van der Waals surface area contributed by atoms with E-state index in [0.29, 0.717) is 0 Å². The van der Waals surface area contributed by atoms with Crippen molar-refractivity contribution in [1.29, 1.82) is 0 Å². The molecule has 0 aliphatic heterocycles. The topological polar surface area (TPSA) is 4.93 Å². The summed E-state index contributed by atoms with van der Waals surface area (Å²) in [4.78, 5) is 0. The summed E-state index contributed by atoms with van der Waals surface area (Å²) >= 11 is 6.90. The van der Waals surface area contributed by atoms with Crippen LogP contribution in [0.4, 0.5) is 0 Å². The van der Waals surface area contributed by atoms with E-state index in [-0.39, 0.29) is 0 Å². The fourth-order valence-corrected chi connectivity index (χ4v) is 2.27. The Morgan fingerprint density at radius 2 is 2.14 bits per heavy atom. The van der Waals surface area contributed by atoms with Crippen LogP contribution >= 0.6 is 31.9 Å². The van der Waals surface area contributed by atoms with Crippen molar-refractivity contribution in [3.05, 3.63) is 46.0 Å². The summed E-state index contributed by atoms with van der Waals surface area (Å²) in [6, 6.07) is 8.31. The van der Waals surface area contributed by atoms with Gasteiger partial charge in [0, 0.05) is 26.1 Å². The molecule has 0 spiro atoms. The third kappa shape index (κ3) is 1.79. The number of rotatable bonds is 2. The monoisotopic (exact) mass is 313 g/mol. The van der Waals surface area contributed by atoms with Gasteiger partial charge >= 0.3 is 0 Å². The smallest absolute Gasteiger partial charge is 0.0535 e. The Morgan fingerprint density at radius 1 is 1.36 bits per heavy atom. The summed E-state index contributed by atoms with van der Waals surface area (Å²) in [5.41, 5.74) is 1.22. The van der Waals surface area contributed by atoms with Gasteiger partial charge in [-0.05, 0) is 18.2 Å². The molecule has 0 unspecified atom stereocenters. The van der Waals surface area contributed by atoms with Crippen LogP contribution in [0.25, 0.3) is 10.9 Å². The second kappa shape index (κ2) is 3.91. The predicted molar refractivity (Wildman–Crippen MR) is 67.7 cm³/mol. The number of fused-ring (bicyclic) bond motifs is 1. The van der Waals surface area contributed by atoms with Crippen LogP contribution < -0.4 is 0 Å². The Morgan fingerprint density at radius 3 is 2.86 bits per heavy atom. The Kier molecular flexibility index (Phi) is 2.79. The van der Waals surface area contributed by atoms with E-state index in [9.17, 15) is 0 Å². The lowest BCUT2D eigenvalue weighted by Gasteiger charge is -2.03. The number of benzene rings is 1. The first-order chi connectivity index (χ1) is 6.68. The zero-order valence-electron chi connectivity index (χ0n) is 7.50. The summed E-state index contributed by atoms with van der Waals surface area (Å²) in [6.07, 6.45) is 2.07. The van der Waals surface area contributed by atoms with Crippen LogP contribution in [0.5, 0.6) is 0 Å². The molecule has 0 atom stereocenters. The van der Waals surface area contributed by atoms with Gasteiger partial charge in [0.25, 0.3) is 0 Å². The SMILES string of the molecule is C=C(Br)Cn1ccc2c(Br)cccc21. The van der Waals surface area contributed by atoms with Crippen molar-refractivity contribution in [3.63, 3.8) is 0 Å². The summed E-state index contributed by atoms with van der Waals surface area (Å²) < 4.78 is 4.28. The minimum absolute atomic E-state index is 0.806. The highest BCUT2D eigenvalue weighted by molar-refractivity contribution is 9.11. The molecule has 2 rings (SSSR count). The number of nitrogens with zero attached hydrogens (tertiary/aromatic N) is 1. The second-order valence-corrected chi connectivity index (χ2v) is 5.11. The van der Waals surface area contributed by atoms with E-state index >= 15 is 0 Å². The van der Waals surface area contributed by atoms with Crippen molar-refractivity contribution in [1.82, 2.24) is 4.57 Å². The van der Waals surface area contributed by atoms with Gasteiger partial charge in [-0.1, -0.05) is 44.5 Å². The summed E-state index contributed by atoms with van der Waals surface area (Å²) in [5.74, 6) is 0. The lowest BCUT2D eigenvalue weighted by atomic mass is 10.2. The normalized spacial score (nSPS) is 10.7. The third-order valence-electron chi connectivity index (χ3n) is 2.10. The summed E-state index contributed by atoms with van der Waals surface area (Å²) in [5, 5.41) is 1.24. The zero-order chi connectivity index (χ0) is 10.1. The molecular formula is C11H9Br2N. The Labute approximate surface area is 99.7 Å². The molecule has 0 saturated carbocycles. The van der Waals surface area contributed by atoms with Crippen LogP contribution in [0, 0.1) is 0 Å². The van der Waals surface area contributed by atoms with Crippen LogP contribution in [0.3, 0.4) is 0 Å². The molecule has 0 N–H and O–H groups in total. The highest BCUT2D eigenvalue weighted by Crippen LogP contribution is 2.25. The van der Waals surface area contributed by atoms with Gasteiger partial charge in [0.05, 0.1) is 6.54 Å². The Balaban J connectivity index is 2.58. The fraction of sp³-hybridized carbons (Fsp3) is 0.0909. The van der Waals surface area contributed by atoms with Crippen LogP contribution in [-0.4, -0.2) is 4.57 Å². The molecule has 0 bridgehead atoms. The van der Waals surface area contributed by atoms with Crippen molar-refractivity contribution in [2.75, 3.05) is 0 Å². The maximum Gasteiger partial charge on any atom is 0.0535 e. The van der Waals surface area contributed by atoms with E-state index in [1.54, 1.807) is 0 Å². The first kappa shape index (κ1) is 9.99. The van der Waals surface area contributed by atoms with Crippen molar-refractivity contribution in [2.24, 2.45) is 0 Å². The molecule has 1 heterocycles. The summed E-state index contributed by atoms with van der Waals surface area (Å²) in [7, 11) is 0. The average molecular weight is 315 g/mol. The molecular weight excluding hydrogens is 306 g/mol. The molecule has 1 aromatic carbocycles. The molecule has 0 aliphatic rings.